The molecule has 1 aliphatic rings. The highest BCUT2D eigenvalue weighted by atomic mass is 17.0. The Bertz CT molecular complexity index is 448. The van der Waals surface area contributed by atoms with Crippen molar-refractivity contribution in [3.8, 4) is 0 Å². The molecule has 3 unspecified atom stereocenters. The molecule has 0 spiro atoms. The van der Waals surface area contributed by atoms with Gasteiger partial charge in [0.25, 0.3) is 10.2 Å². The quantitative estimate of drug-likeness (QED) is 0.443. The van der Waals surface area contributed by atoms with Crippen LogP contribution in [0.3, 0.4) is 0 Å². The third kappa shape index (κ3) is 6.14. The zero-order valence-corrected chi connectivity index (χ0v) is 13.7. The lowest BCUT2D eigenvalue weighted by Crippen LogP contribution is -2.46. The lowest BCUT2D eigenvalue weighted by atomic mass is 9.84. The summed E-state index contributed by atoms with van der Waals surface area (Å²) in [5.41, 5.74) is 5.48. The zero-order chi connectivity index (χ0) is 18.1. The fraction of sp³-hybridized carbons (Fsp3) is 0.923. The number of carbonyl (C=O) groups excluding carboxylic acids is 1. The van der Waals surface area contributed by atoms with Gasteiger partial charge in [0.1, 0.15) is 12.2 Å². The minimum absolute atomic E-state index is 0.0150. The van der Waals surface area contributed by atoms with Gasteiger partial charge in [-0.3, -0.25) is 4.79 Å². The molecule has 3 atom stereocenters. The molecule has 0 saturated heterocycles. The van der Waals surface area contributed by atoms with E-state index in [9.17, 15) is 25.0 Å². The normalized spacial score (nSPS) is 23.3. The third-order valence-corrected chi connectivity index (χ3v) is 3.96. The van der Waals surface area contributed by atoms with Crippen molar-refractivity contribution in [3.05, 3.63) is 20.2 Å². The van der Waals surface area contributed by atoms with Crippen LogP contribution in [-0.4, -0.2) is 52.8 Å². The van der Waals surface area contributed by atoms with Crippen LogP contribution in [0.2, 0.25) is 0 Å². The van der Waals surface area contributed by atoms with Crippen LogP contribution in [0.25, 0.3) is 0 Å². The fourth-order valence-corrected chi connectivity index (χ4v) is 2.92. The second kappa shape index (κ2) is 9.85. The van der Waals surface area contributed by atoms with Gasteiger partial charge in [0.05, 0.1) is 0 Å². The van der Waals surface area contributed by atoms with Crippen molar-refractivity contribution in [2.24, 2.45) is 11.7 Å². The SMILES string of the molecule is CCCN(CCCN)C(=O)C1CCC(O[N+](=O)[O-])C(O[N+](=O)[O-])C1. The molecule has 1 rings (SSSR count). The van der Waals surface area contributed by atoms with Gasteiger partial charge in [-0.25, -0.2) is 0 Å². The molecule has 0 aliphatic heterocycles. The Hall–Kier alpha value is -2.17. The average Bonchev–Trinajstić information content (AvgIpc) is 2.51. The van der Waals surface area contributed by atoms with Crippen molar-refractivity contribution < 1.29 is 24.6 Å². The van der Waals surface area contributed by atoms with Crippen LogP contribution in [0.5, 0.6) is 0 Å². The van der Waals surface area contributed by atoms with Gasteiger partial charge >= 0.3 is 0 Å². The van der Waals surface area contributed by atoms with Crippen LogP contribution in [0.1, 0.15) is 39.0 Å². The van der Waals surface area contributed by atoms with Gasteiger partial charge in [-0.2, -0.15) is 0 Å². The predicted octanol–water partition coefficient (Wildman–Crippen LogP) is 0.528. The van der Waals surface area contributed by atoms with E-state index in [1.165, 1.54) is 0 Å². The number of hydrogen-bond donors (Lipinski definition) is 1. The van der Waals surface area contributed by atoms with Gasteiger partial charge in [-0.05, 0) is 38.6 Å². The zero-order valence-electron chi connectivity index (χ0n) is 13.7. The number of nitrogens with two attached hydrogens (primary N) is 1. The van der Waals surface area contributed by atoms with Crippen molar-refractivity contribution in [2.45, 2.75) is 51.2 Å². The molecule has 0 radical (unpaired) electrons. The van der Waals surface area contributed by atoms with Gasteiger partial charge < -0.3 is 20.3 Å². The maximum absolute atomic E-state index is 12.6. The van der Waals surface area contributed by atoms with Gasteiger partial charge in [0.15, 0.2) is 0 Å². The lowest BCUT2D eigenvalue weighted by molar-refractivity contribution is -0.800. The summed E-state index contributed by atoms with van der Waals surface area (Å²) in [6.07, 6.45) is -0.207. The van der Waals surface area contributed by atoms with E-state index in [0.29, 0.717) is 32.5 Å². The summed E-state index contributed by atoms with van der Waals surface area (Å²) < 4.78 is 0. The van der Waals surface area contributed by atoms with Gasteiger partial charge in [-0.15, -0.1) is 20.2 Å². The standard InChI is InChI=1S/C13H24N4O7/c1-2-7-15(8-3-6-14)13(18)10-4-5-11(23-16(19)20)12(9-10)24-17(21)22/h10-12H,2-9,14H2,1H3. The molecule has 1 amide bonds. The third-order valence-electron chi connectivity index (χ3n) is 3.96. The maximum Gasteiger partial charge on any atom is 0.294 e. The largest absolute Gasteiger partial charge is 0.342 e. The fourth-order valence-electron chi connectivity index (χ4n) is 2.92. The number of amides is 1. The monoisotopic (exact) mass is 348 g/mol. The molecular formula is C13H24N4O7. The number of nitrogens with zero attached hydrogens (tertiary/aromatic N) is 3. The highest BCUT2D eigenvalue weighted by Gasteiger charge is 2.39. The van der Waals surface area contributed by atoms with Crippen LogP contribution < -0.4 is 5.73 Å². The van der Waals surface area contributed by atoms with Crippen molar-refractivity contribution in [2.75, 3.05) is 19.6 Å². The number of carbonyl (C=O) groups is 1. The molecule has 11 nitrogen and oxygen atoms in total. The summed E-state index contributed by atoms with van der Waals surface area (Å²) in [5, 5.41) is 19.1. The smallest absolute Gasteiger partial charge is 0.294 e. The van der Waals surface area contributed by atoms with Crippen LogP contribution in [-0.2, 0) is 14.5 Å². The summed E-state index contributed by atoms with van der Waals surface area (Å²) in [5.74, 6) is -0.604. The molecule has 0 aromatic rings. The van der Waals surface area contributed by atoms with E-state index in [-0.39, 0.29) is 18.7 Å². The van der Waals surface area contributed by atoms with E-state index in [1.54, 1.807) is 4.90 Å². The molecule has 2 N–H and O–H groups in total. The van der Waals surface area contributed by atoms with Crippen molar-refractivity contribution in [1.29, 1.82) is 0 Å². The molecule has 1 aliphatic carbocycles. The molecule has 0 aromatic heterocycles. The van der Waals surface area contributed by atoms with Crippen molar-refractivity contribution >= 4 is 5.91 Å². The van der Waals surface area contributed by atoms with E-state index < -0.39 is 28.3 Å². The van der Waals surface area contributed by atoms with Crippen LogP contribution in [0.4, 0.5) is 0 Å². The first-order valence-corrected chi connectivity index (χ1v) is 8.00. The Morgan fingerprint density at radius 2 is 1.79 bits per heavy atom. The average molecular weight is 348 g/mol. The second-order valence-electron chi connectivity index (χ2n) is 5.71. The number of rotatable bonds is 10. The molecule has 24 heavy (non-hydrogen) atoms. The minimum Gasteiger partial charge on any atom is -0.342 e. The Kier molecular flexibility index (Phi) is 8.16. The molecule has 0 heterocycles. The highest BCUT2D eigenvalue weighted by Crippen LogP contribution is 2.30. The van der Waals surface area contributed by atoms with E-state index in [1.807, 2.05) is 6.92 Å². The van der Waals surface area contributed by atoms with E-state index in [0.717, 1.165) is 6.42 Å². The highest BCUT2D eigenvalue weighted by molar-refractivity contribution is 5.79. The number of hydrogen-bond acceptors (Lipinski definition) is 8. The van der Waals surface area contributed by atoms with Crippen LogP contribution in [0.15, 0.2) is 0 Å². The van der Waals surface area contributed by atoms with Crippen LogP contribution in [0, 0.1) is 26.1 Å². The summed E-state index contributed by atoms with van der Waals surface area (Å²) >= 11 is 0. The summed E-state index contributed by atoms with van der Waals surface area (Å²) in [4.78, 5) is 44.4. The topological polar surface area (TPSA) is 151 Å². The van der Waals surface area contributed by atoms with Crippen molar-refractivity contribution in [3.63, 3.8) is 0 Å². The molecule has 11 heteroatoms. The minimum atomic E-state index is -1.13. The summed E-state index contributed by atoms with van der Waals surface area (Å²) in [7, 11) is 0. The Morgan fingerprint density at radius 1 is 1.17 bits per heavy atom. The molecule has 0 aromatic carbocycles. The first-order chi connectivity index (χ1) is 11.4. The van der Waals surface area contributed by atoms with Gasteiger partial charge in [0, 0.05) is 19.0 Å². The molecular weight excluding hydrogens is 324 g/mol. The van der Waals surface area contributed by atoms with Crippen molar-refractivity contribution in [1.82, 2.24) is 4.90 Å². The second-order valence-corrected chi connectivity index (χ2v) is 5.71. The first kappa shape index (κ1) is 19.9. The molecule has 1 saturated carbocycles. The Balaban J connectivity index is 2.75. The Morgan fingerprint density at radius 3 is 2.33 bits per heavy atom. The van der Waals surface area contributed by atoms with E-state index in [4.69, 9.17) is 5.73 Å². The van der Waals surface area contributed by atoms with Crippen LogP contribution >= 0.6 is 0 Å². The predicted molar refractivity (Wildman–Crippen MR) is 81.6 cm³/mol. The summed E-state index contributed by atoms with van der Waals surface area (Å²) in [6, 6.07) is 0. The van der Waals surface area contributed by atoms with Gasteiger partial charge in [0.2, 0.25) is 5.91 Å². The first-order valence-electron chi connectivity index (χ1n) is 8.00. The van der Waals surface area contributed by atoms with E-state index >= 15 is 0 Å². The lowest BCUT2D eigenvalue weighted by Gasteiger charge is -2.35. The molecule has 138 valence electrons. The Labute approximate surface area is 139 Å². The summed E-state index contributed by atoms with van der Waals surface area (Å²) in [6.45, 7) is 3.51. The van der Waals surface area contributed by atoms with Gasteiger partial charge in [-0.1, -0.05) is 6.92 Å². The molecule has 0 bridgehead atoms. The molecule has 1 fully saturated rings. The maximum atomic E-state index is 12.6. The van der Waals surface area contributed by atoms with E-state index in [2.05, 4.69) is 9.68 Å².